The highest BCUT2D eigenvalue weighted by Gasteiger charge is 2.33. The Labute approximate surface area is 155 Å². The van der Waals surface area contributed by atoms with Crippen molar-refractivity contribution < 1.29 is 31.5 Å². The number of imidazole rings is 1. The van der Waals surface area contributed by atoms with Gasteiger partial charge in [0.05, 0.1) is 6.61 Å². The lowest BCUT2D eigenvalue weighted by atomic mass is 10.2. The molecule has 3 aromatic heterocycles. The van der Waals surface area contributed by atoms with E-state index in [1.165, 1.54) is 16.7 Å². The summed E-state index contributed by atoms with van der Waals surface area (Å²) in [5, 5.41) is 2.39. The average molecular weight is 400 g/mol. The summed E-state index contributed by atoms with van der Waals surface area (Å²) in [5.41, 5.74) is -1.91. The van der Waals surface area contributed by atoms with Crippen molar-refractivity contribution in [3.05, 3.63) is 53.7 Å². The maximum atomic E-state index is 12.8. The monoisotopic (exact) mass is 400 g/mol. The Balaban J connectivity index is 1.96. The summed E-state index contributed by atoms with van der Waals surface area (Å²) in [4.78, 5) is 19.4. The Morgan fingerprint density at radius 3 is 2.64 bits per heavy atom. The fourth-order valence-electron chi connectivity index (χ4n) is 2.41. The van der Waals surface area contributed by atoms with Gasteiger partial charge in [0.1, 0.15) is 34.2 Å². The lowest BCUT2D eigenvalue weighted by molar-refractivity contribution is -0.141. The lowest BCUT2D eigenvalue weighted by Gasteiger charge is -2.12. The second-order valence-electron chi connectivity index (χ2n) is 5.58. The van der Waals surface area contributed by atoms with Gasteiger partial charge in [-0.2, -0.15) is 13.2 Å². The normalized spacial score (nSPS) is 11.8. The van der Waals surface area contributed by atoms with Crippen molar-refractivity contribution in [2.75, 3.05) is 11.9 Å². The molecule has 1 N–H and O–H groups in total. The smallest absolute Gasteiger partial charge is 0.433 e. The number of hydrogen-bond donors (Lipinski definition) is 1. The van der Waals surface area contributed by atoms with E-state index in [1.54, 1.807) is 6.92 Å². The minimum Gasteiger partial charge on any atom is -0.491 e. The fourth-order valence-corrected chi connectivity index (χ4v) is 2.41. The van der Waals surface area contributed by atoms with Gasteiger partial charge >= 0.3 is 6.18 Å². The van der Waals surface area contributed by atoms with Crippen molar-refractivity contribution in [1.82, 2.24) is 14.4 Å². The number of halogens is 5. The Morgan fingerprint density at radius 2 is 2.00 bits per heavy atom. The first-order chi connectivity index (χ1) is 13.2. The van der Waals surface area contributed by atoms with E-state index < -0.39 is 35.6 Å². The van der Waals surface area contributed by atoms with E-state index >= 15 is 0 Å². The molecule has 3 heterocycles. The van der Waals surface area contributed by atoms with Crippen LogP contribution >= 0.6 is 0 Å². The summed E-state index contributed by atoms with van der Waals surface area (Å²) >= 11 is 0. The highest BCUT2D eigenvalue weighted by molar-refractivity contribution is 6.03. The number of alkyl halides is 5. The molecule has 0 saturated carbocycles. The van der Waals surface area contributed by atoms with Gasteiger partial charge in [-0.3, -0.25) is 4.79 Å². The van der Waals surface area contributed by atoms with Crippen molar-refractivity contribution in [3.63, 3.8) is 0 Å². The molecular weight excluding hydrogens is 387 g/mol. The fraction of sp³-hybridized carbons (Fsp3) is 0.235. The second kappa shape index (κ2) is 7.41. The number of fused-ring (bicyclic) bond motifs is 1. The molecule has 6 nitrogen and oxygen atoms in total. The van der Waals surface area contributed by atoms with Crippen molar-refractivity contribution in [2.45, 2.75) is 19.5 Å². The summed E-state index contributed by atoms with van der Waals surface area (Å²) in [5.74, 6) is -0.789. The van der Waals surface area contributed by atoms with E-state index in [9.17, 15) is 26.7 Å². The largest absolute Gasteiger partial charge is 0.491 e. The number of amides is 1. The van der Waals surface area contributed by atoms with Crippen LogP contribution in [0.1, 0.15) is 35.2 Å². The zero-order valence-corrected chi connectivity index (χ0v) is 14.3. The number of rotatable bonds is 5. The number of nitrogens with zero attached hydrogens (tertiary/aromatic N) is 3. The van der Waals surface area contributed by atoms with Gasteiger partial charge < -0.3 is 14.5 Å². The molecule has 0 aliphatic heterocycles. The molecule has 148 valence electrons. The van der Waals surface area contributed by atoms with Crippen LogP contribution in [0.3, 0.4) is 0 Å². The van der Waals surface area contributed by atoms with Crippen LogP contribution in [0.4, 0.5) is 27.6 Å². The van der Waals surface area contributed by atoms with Crippen molar-refractivity contribution >= 4 is 17.2 Å². The maximum absolute atomic E-state index is 12.8. The van der Waals surface area contributed by atoms with E-state index in [0.717, 1.165) is 24.4 Å². The van der Waals surface area contributed by atoms with Gasteiger partial charge in [-0.05, 0) is 19.1 Å². The molecule has 0 spiro atoms. The van der Waals surface area contributed by atoms with Crippen LogP contribution in [-0.4, -0.2) is 26.9 Å². The molecule has 0 atom stereocenters. The third-order valence-electron chi connectivity index (χ3n) is 3.62. The molecule has 3 rings (SSSR count). The van der Waals surface area contributed by atoms with E-state index in [1.807, 2.05) is 0 Å². The molecule has 28 heavy (non-hydrogen) atoms. The molecule has 0 bridgehead atoms. The Kier molecular flexibility index (Phi) is 5.16. The first-order valence-electron chi connectivity index (χ1n) is 7.98. The van der Waals surface area contributed by atoms with E-state index in [0.29, 0.717) is 0 Å². The molecule has 11 heteroatoms. The molecule has 0 fully saturated rings. The highest BCUT2D eigenvalue weighted by Crippen LogP contribution is 2.30. The van der Waals surface area contributed by atoms with Gasteiger partial charge in [0.15, 0.2) is 0 Å². The first-order valence-corrected chi connectivity index (χ1v) is 7.98. The molecule has 0 unspecified atom stereocenters. The van der Waals surface area contributed by atoms with Gasteiger partial charge in [-0.15, -0.1) is 0 Å². The summed E-state index contributed by atoms with van der Waals surface area (Å²) in [6.07, 6.45) is -5.13. The van der Waals surface area contributed by atoms with Gasteiger partial charge in [0, 0.05) is 18.5 Å². The third-order valence-corrected chi connectivity index (χ3v) is 3.62. The van der Waals surface area contributed by atoms with Crippen LogP contribution in [-0.2, 0) is 6.18 Å². The number of nitrogens with one attached hydrogen (secondary N) is 1. The van der Waals surface area contributed by atoms with E-state index in [-0.39, 0.29) is 23.7 Å². The zero-order valence-electron chi connectivity index (χ0n) is 14.3. The van der Waals surface area contributed by atoms with E-state index in [2.05, 4.69) is 15.3 Å². The Bertz CT molecular complexity index is 1020. The number of anilines is 1. The van der Waals surface area contributed by atoms with Crippen LogP contribution in [0.2, 0.25) is 0 Å². The average Bonchev–Trinajstić information content (AvgIpc) is 3.05. The number of carbonyl (C=O) groups is 1. The molecule has 3 aromatic rings. The maximum Gasteiger partial charge on any atom is 0.433 e. The first kappa shape index (κ1) is 19.5. The van der Waals surface area contributed by atoms with Crippen LogP contribution in [0, 0.1) is 0 Å². The quantitative estimate of drug-likeness (QED) is 0.647. The van der Waals surface area contributed by atoms with Gasteiger partial charge in [0.2, 0.25) is 0 Å². The second-order valence-corrected chi connectivity index (χ2v) is 5.58. The van der Waals surface area contributed by atoms with Crippen LogP contribution in [0.15, 0.2) is 36.7 Å². The third kappa shape index (κ3) is 4.02. The lowest BCUT2D eigenvalue weighted by Crippen LogP contribution is -2.17. The van der Waals surface area contributed by atoms with Crippen LogP contribution in [0.25, 0.3) is 5.65 Å². The minimum absolute atomic E-state index is 0.0665. The molecular formula is C17H13F5N4O2. The summed E-state index contributed by atoms with van der Waals surface area (Å²) in [6.45, 7) is 1.86. The number of hydrogen-bond acceptors (Lipinski definition) is 4. The van der Waals surface area contributed by atoms with Crippen LogP contribution in [0.5, 0.6) is 5.75 Å². The molecule has 0 aliphatic rings. The van der Waals surface area contributed by atoms with Crippen molar-refractivity contribution in [1.29, 1.82) is 0 Å². The number of pyridine rings is 2. The van der Waals surface area contributed by atoms with Gasteiger partial charge in [-0.1, -0.05) is 6.07 Å². The molecule has 0 saturated heterocycles. The predicted octanol–water partition coefficient (Wildman–Crippen LogP) is 4.34. The van der Waals surface area contributed by atoms with E-state index in [4.69, 9.17) is 4.74 Å². The molecule has 0 aliphatic carbocycles. The number of ether oxygens (including phenoxy) is 1. The van der Waals surface area contributed by atoms with Gasteiger partial charge in [0.25, 0.3) is 12.3 Å². The molecule has 0 radical (unpaired) electrons. The molecule has 0 aromatic carbocycles. The summed E-state index contributed by atoms with van der Waals surface area (Å²) in [6, 6.07) is 4.26. The van der Waals surface area contributed by atoms with Crippen molar-refractivity contribution in [3.8, 4) is 5.75 Å². The standard InChI is InChI=1S/C17H13F5N4O2/c1-2-28-12-6-14-24-11(15(18)19)8-26(14)7-10(12)25-16(27)9-4-3-5-13(23-9)17(20,21)22/h3-8,15H,2H2,1H3,(H,25,27). The topological polar surface area (TPSA) is 68.5 Å². The number of carbonyl (C=O) groups excluding carboxylic acids is 1. The zero-order chi connectivity index (χ0) is 20.5. The summed E-state index contributed by atoms with van der Waals surface area (Å²) in [7, 11) is 0. The van der Waals surface area contributed by atoms with Crippen molar-refractivity contribution in [2.24, 2.45) is 0 Å². The number of aromatic nitrogens is 3. The molecule has 1 amide bonds. The SMILES string of the molecule is CCOc1cc2nc(C(F)F)cn2cc1NC(=O)c1cccc(C(F)(F)F)n1. The van der Waals surface area contributed by atoms with Gasteiger partial charge in [-0.25, -0.2) is 18.7 Å². The highest BCUT2D eigenvalue weighted by atomic mass is 19.4. The predicted molar refractivity (Wildman–Crippen MR) is 88.5 cm³/mol. The minimum atomic E-state index is -4.70. The summed E-state index contributed by atoms with van der Waals surface area (Å²) < 4.78 is 70.6. The Hall–Kier alpha value is -3.24. The Morgan fingerprint density at radius 1 is 1.25 bits per heavy atom. The van der Waals surface area contributed by atoms with Crippen LogP contribution < -0.4 is 10.1 Å².